The highest BCUT2D eigenvalue weighted by Crippen LogP contribution is 2.65. The summed E-state index contributed by atoms with van der Waals surface area (Å²) in [4.78, 5) is 40.4. The average molecular weight is 392 g/mol. The second-order valence-corrected chi connectivity index (χ2v) is 9.06. The normalized spacial score (nSPS) is 38.9. The number of allylic oxidation sites excluding steroid dienone is 2. The minimum absolute atomic E-state index is 0.0707. The quantitative estimate of drug-likeness (QED) is 0.629. The van der Waals surface area contributed by atoms with E-state index in [4.69, 9.17) is 4.74 Å². The van der Waals surface area contributed by atoms with Crippen molar-refractivity contribution in [3.63, 3.8) is 0 Å². The van der Waals surface area contributed by atoms with E-state index in [1.807, 2.05) is 0 Å². The first-order valence-corrected chi connectivity index (χ1v) is 10.7. The highest BCUT2D eigenvalue weighted by atomic mass is 16.5. The van der Waals surface area contributed by atoms with E-state index in [0.29, 0.717) is 29.6 Å². The molecular weight excluding hydrogens is 368 g/mol. The molecule has 4 fully saturated rings. The number of nitrogens with zero attached hydrogens (tertiary/aromatic N) is 1. The van der Waals surface area contributed by atoms with Gasteiger partial charge in [0.25, 0.3) is 5.91 Å². The van der Waals surface area contributed by atoms with Crippen LogP contribution in [-0.4, -0.2) is 37.0 Å². The molecule has 2 saturated carbocycles. The molecule has 1 N–H and O–H groups in total. The first kappa shape index (κ1) is 17.4. The molecule has 4 aliphatic carbocycles. The van der Waals surface area contributed by atoms with Gasteiger partial charge >= 0.3 is 0 Å². The fourth-order valence-electron chi connectivity index (χ4n) is 6.11. The maximum atomic E-state index is 13.2. The molecule has 0 spiro atoms. The van der Waals surface area contributed by atoms with Crippen molar-refractivity contribution in [2.45, 2.75) is 25.4 Å². The molecule has 7 atom stereocenters. The number of benzene rings is 1. The largest absolute Gasteiger partial charge is 0.376 e. The highest BCUT2D eigenvalue weighted by molar-refractivity contribution is 6.23. The molecule has 0 radical (unpaired) electrons. The van der Waals surface area contributed by atoms with Crippen LogP contribution in [-0.2, 0) is 14.3 Å². The number of imide groups is 1. The molecule has 1 aromatic rings. The Morgan fingerprint density at radius 3 is 2.48 bits per heavy atom. The standard InChI is InChI=1S/C23H24N2O4/c26-21(24-11-14-5-2-8-29-14)12-3-1-4-13(9-12)25-22(27)19-15-6-7-16(18-10-17(15)18)20(19)23(25)28/h1,3-4,6-7,9,14-20H,2,5,8,10-11H2,(H,24,26)/t14-,15-,16-,17-,18-,19+,20+/m0/s1. The maximum Gasteiger partial charge on any atom is 0.251 e. The third kappa shape index (κ3) is 2.54. The van der Waals surface area contributed by atoms with Gasteiger partial charge in [0, 0.05) is 18.7 Å². The molecule has 2 bridgehead atoms. The highest BCUT2D eigenvalue weighted by Gasteiger charge is 2.67. The van der Waals surface area contributed by atoms with Gasteiger partial charge in [0.15, 0.2) is 0 Å². The molecule has 2 heterocycles. The zero-order valence-electron chi connectivity index (χ0n) is 16.1. The van der Waals surface area contributed by atoms with E-state index in [9.17, 15) is 14.4 Å². The minimum Gasteiger partial charge on any atom is -0.376 e. The van der Waals surface area contributed by atoms with Crippen LogP contribution in [0, 0.1) is 35.5 Å². The van der Waals surface area contributed by atoms with Crippen molar-refractivity contribution in [3.05, 3.63) is 42.0 Å². The topological polar surface area (TPSA) is 75.7 Å². The summed E-state index contributed by atoms with van der Waals surface area (Å²) in [5, 5.41) is 2.90. The summed E-state index contributed by atoms with van der Waals surface area (Å²) in [6.45, 7) is 1.22. The molecule has 1 aromatic carbocycles. The lowest BCUT2D eigenvalue weighted by Crippen LogP contribution is -2.40. The number of hydrogen-bond acceptors (Lipinski definition) is 4. The van der Waals surface area contributed by atoms with E-state index < -0.39 is 0 Å². The first-order valence-electron chi connectivity index (χ1n) is 10.7. The summed E-state index contributed by atoms with van der Waals surface area (Å²) in [6.07, 6.45) is 7.54. The van der Waals surface area contributed by atoms with Gasteiger partial charge in [0.2, 0.25) is 11.8 Å². The molecule has 6 heteroatoms. The van der Waals surface area contributed by atoms with Crippen molar-refractivity contribution in [1.82, 2.24) is 5.32 Å². The van der Waals surface area contributed by atoms with E-state index in [1.54, 1.807) is 24.3 Å². The van der Waals surface area contributed by atoms with Gasteiger partial charge in [-0.2, -0.15) is 0 Å². The van der Waals surface area contributed by atoms with Gasteiger partial charge in [-0.15, -0.1) is 0 Å². The van der Waals surface area contributed by atoms with Crippen molar-refractivity contribution in [3.8, 4) is 0 Å². The molecular formula is C23H24N2O4. The van der Waals surface area contributed by atoms with Gasteiger partial charge in [0.05, 0.1) is 23.6 Å². The molecule has 6 aliphatic rings. The molecule has 7 rings (SSSR count). The molecule has 0 unspecified atom stereocenters. The van der Waals surface area contributed by atoms with Crippen LogP contribution in [0.4, 0.5) is 5.69 Å². The van der Waals surface area contributed by atoms with Crippen LogP contribution in [0.5, 0.6) is 0 Å². The van der Waals surface area contributed by atoms with Crippen LogP contribution in [0.2, 0.25) is 0 Å². The Bertz CT molecular complexity index is 899. The lowest BCUT2D eigenvalue weighted by Gasteiger charge is -2.37. The molecule has 2 saturated heterocycles. The lowest BCUT2D eigenvalue weighted by atomic mass is 9.63. The molecule has 150 valence electrons. The van der Waals surface area contributed by atoms with Crippen molar-refractivity contribution in [2.24, 2.45) is 35.5 Å². The summed E-state index contributed by atoms with van der Waals surface area (Å²) >= 11 is 0. The second kappa shape index (κ2) is 6.26. The zero-order chi connectivity index (χ0) is 19.7. The van der Waals surface area contributed by atoms with Gasteiger partial charge < -0.3 is 10.1 Å². The minimum atomic E-state index is -0.224. The summed E-state index contributed by atoms with van der Waals surface area (Å²) < 4.78 is 5.55. The Balaban J connectivity index is 1.23. The third-order valence-electron chi connectivity index (χ3n) is 7.54. The van der Waals surface area contributed by atoms with Gasteiger partial charge in [-0.25, -0.2) is 4.90 Å². The molecule has 29 heavy (non-hydrogen) atoms. The summed E-state index contributed by atoms with van der Waals surface area (Å²) in [6, 6.07) is 6.87. The van der Waals surface area contributed by atoms with Crippen LogP contribution < -0.4 is 10.2 Å². The Morgan fingerprint density at radius 1 is 1.10 bits per heavy atom. The van der Waals surface area contributed by atoms with Crippen molar-refractivity contribution < 1.29 is 19.1 Å². The van der Waals surface area contributed by atoms with Gasteiger partial charge in [-0.05, 0) is 61.1 Å². The van der Waals surface area contributed by atoms with Crippen molar-refractivity contribution >= 4 is 23.4 Å². The Hall–Kier alpha value is -2.47. The monoisotopic (exact) mass is 392 g/mol. The van der Waals surface area contributed by atoms with Crippen LogP contribution in [0.25, 0.3) is 0 Å². The van der Waals surface area contributed by atoms with Crippen LogP contribution in [0.15, 0.2) is 36.4 Å². The summed E-state index contributed by atoms with van der Waals surface area (Å²) in [7, 11) is 0. The van der Waals surface area contributed by atoms with E-state index in [2.05, 4.69) is 17.5 Å². The zero-order valence-corrected chi connectivity index (χ0v) is 16.1. The van der Waals surface area contributed by atoms with Crippen molar-refractivity contribution in [1.29, 1.82) is 0 Å². The number of carbonyl (C=O) groups is 3. The van der Waals surface area contributed by atoms with Crippen molar-refractivity contribution in [2.75, 3.05) is 18.1 Å². The average Bonchev–Trinajstić information content (AvgIpc) is 3.33. The Morgan fingerprint density at radius 2 is 1.83 bits per heavy atom. The Kier molecular flexibility index (Phi) is 3.76. The fraction of sp³-hybridized carbons (Fsp3) is 0.522. The first-order chi connectivity index (χ1) is 14.1. The smallest absolute Gasteiger partial charge is 0.251 e. The molecule has 3 amide bonds. The van der Waals surface area contributed by atoms with Gasteiger partial charge in [-0.3, -0.25) is 14.4 Å². The number of ether oxygens (including phenoxy) is 1. The second-order valence-electron chi connectivity index (χ2n) is 9.06. The summed E-state index contributed by atoms with van der Waals surface area (Å²) in [5.74, 6) is 0.723. The van der Waals surface area contributed by atoms with E-state index in [1.165, 1.54) is 4.90 Å². The van der Waals surface area contributed by atoms with Gasteiger partial charge in [-0.1, -0.05) is 18.2 Å². The Labute approximate surface area is 169 Å². The SMILES string of the molecule is O=C(NC[C@@H]1CCCO1)c1cccc(N2C(=O)[C@@H]3[C@H]4C=C[C@@H]([C@@H]5C[C@@H]45)[C@H]3C2=O)c1. The fourth-order valence-corrected chi connectivity index (χ4v) is 6.11. The molecule has 2 aliphatic heterocycles. The number of amides is 3. The number of nitrogens with one attached hydrogen (secondary N) is 1. The van der Waals surface area contributed by atoms with Crippen LogP contribution >= 0.6 is 0 Å². The van der Waals surface area contributed by atoms with E-state index >= 15 is 0 Å². The van der Waals surface area contributed by atoms with Crippen LogP contribution in [0.1, 0.15) is 29.6 Å². The van der Waals surface area contributed by atoms with E-state index in [-0.39, 0.29) is 47.5 Å². The van der Waals surface area contributed by atoms with Crippen LogP contribution in [0.3, 0.4) is 0 Å². The molecule has 0 aromatic heterocycles. The summed E-state index contributed by atoms with van der Waals surface area (Å²) in [5.41, 5.74) is 0.965. The number of carbonyl (C=O) groups excluding carboxylic acids is 3. The predicted octanol–water partition coefficient (Wildman–Crippen LogP) is 2.15. The lowest BCUT2D eigenvalue weighted by molar-refractivity contribution is -0.124. The number of hydrogen-bond donors (Lipinski definition) is 1. The predicted molar refractivity (Wildman–Crippen MR) is 105 cm³/mol. The van der Waals surface area contributed by atoms with E-state index in [0.717, 1.165) is 25.9 Å². The number of anilines is 1. The van der Waals surface area contributed by atoms with Gasteiger partial charge in [0.1, 0.15) is 0 Å². The molecule has 6 nitrogen and oxygen atoms in total. The third-order valence-corrected chi connectivity index (χ3v) is 7.54. The number of rotatable bonds is 4. The maximum absolute atomic E-state index is 13.2.